The monoisotopic (exact) mass is 742 g/mol. The smallest absolute Gasteiger partial charge is 0.341 e. The molecule has 6 rings (SSSR count). The maximum Gasteiger partial charge on any atom is 0.341 e. The molecule has 2 aliphatic rings. The molecular weight excluding hydrogens is 711 g/mol. The number of thioether (sulfide) groups is 1. The van der Waals surface area contributed by atoms with Gasteiger partial charge in [0.2, 0.25) is 0 Å². The molecule has 0 bridgehead atoms. The van der Waals surface area contributed by atoms with Gasteiger partial charge in [0, 0.05) is 10.8 Å². The van der Waals surface area contributed by atoms with Gasteiger partial charge < -0.3 is 58.4 Å². The van der Waals surface area contributed by atoms with Gasteiger partial charge in [0.1, 0.15) is 70.9 Å². The SMILES string of the molecule is O=c1oc2cccc(Cl)c2cc1COC1[C@@H](O)C(CO)O[C@@H](S[C@@H]2OC(CO)[C@H](O)[C@H](OCc3cc4c(Cl)cccc4oc3=O)C2O)[C@@H]1O. The highest BCUT2D eigenvalue weighted by molar-refractivity contribution is 8.00. The van der Waals surface area contributed by atoms with E-state index < -0.39 is 97.4 Å². The van der Waals surface area contributed by atoms with E-state index in [1.54, 1.807) is 36.4 Å². The Hall–Kier alpha value is -2.61. The average Bonchev–Trinajstić information content (AvgIpc) is 3.07. The molecule has 0 aliphatic carbocycles. The summed E-state index contributed by atoms with van der Waals surface area (Å²) in [5.74, 6) is 0. The topological polar surface area (TPSA) is 219 Å². The van der Waals surface area contributed by atoms with Gasteiger partial charge >= 0.3 is 11.3 Å². The van der Waals surface area contributed by atoms with Crippen LogP contribution in [0.5, 0.6) is 0 Å². The third-order valence-corrected chi connectivity index (χ3v) is 10.3. The van der Waals surface area contributed by atoms with Gasteiger partial charge in [-0.2, -0.15) is 0 Å². The number of fused-ring (bicyclic) bond motifs is 2. The molecule has 4 aromatic rings. The molecule has 4 heterocycles. The summed E-state index contributed by atoms with van der Waals surface area (Å²) in [4.78, 5) is 25.2. The van der Waals surface area contributed by atoms with E-state index in [1.807, 2.05) is 0 Å². The maximum absolute atomic E-state index is 12.6. The Labute approximate surface area is 291 Å². The van der Waals surface area contributed by atoms with Gasteiger partial charge in [-0.1, -0.05) is 47.1 Å². The van der Waals surface area contributed by atoms with Crippen LogP contribution >= 0.6 is 35.0 Å². The first-order valence-electron chi connectivity index (χ1n) is 15.1. The second-order valence-corrected chi connectivity index (χ2v) is 13.5. The molecule has 49 heavy (non-hydrogen) atoms. The van der Waals surface area contributed by atoms with E-state index >= 15 is 0 Å². The lowest BCUT2D eigenvalue weighted by molar-refractivity contribution is -0.231. The average molecular weight is 744 g/mol. The lowest BCUT2D eigenvalue weighted by Gasteiger charge is -2.46. The van der Waals surface area contributed by atoms with Crippen molar-refractivity contribution in [2.45, 2.75) is 72.9 Å². The van der Waals surface area contributed by atoms with Crippen molar-refractivity contribution in [3.63, 3.8) is 0 Å². The molecule has 0 spiro atoms. The predicted octanol–water partition coefficient (Wildman–Crippen LogP) is 1.29. The zero-order valence-electron chi connectivity index (χ0n) is 25.3. The van der Waals surface area contributed by atoms with Gasteiger partial charge in [0.15, 0.2) is 0 Å². The molecule has 2 saturated heterocycles. The molecule has 0 saturated carbocycles. The summed E-state index contributed by atoms with van der Waals surface area (Å²) in [7, 11) is 0. The van der Waals surface area contributed by atoms with Crippen LogP contribution in [-0.2, 0) is 32.2 Å². The van der Waals surface area contributed by atoms with E-state index in [-0.39, 0.29) is 22.3 Å². The quantitative estimate of drug-likeness (QED) is 0.126. The summed E-state index contributed by atoms with van der Waals surface area (Å²) in [5, 5.41) is 65.7. The summed E-state index contributed by atoms with van der Waals surface area (Å²) in [6.07, 6.45) is -11.7. The predicted molar refractivity (Wildman–Crippen MR) is 175 cm³/mol. The summed E-state index contributed by atoms with van der Waals surface area (Å²) >= 11 is 13.2. The van der Waals surface area contributed by atoms with Crippen molar-refractivity contribution in [2.75, 3.05) is 13.2 Å². The molecule has 2 aromatic heterocycles. The Morgan fingerprint density at radius 3 is 1.45 bits per heavy atom. The van der Waals surface area contributed by atoms with Crippen molar-refractivity contribution in [3.05, 3.63) is 90.5 Å². The molecule has 0 radical (unpaired) electrons. The van der Waals surface area contributed by atoms with Crippen LogP contribution in [0.2, 0.25) is 10.0 Å². The van der Waals surface area contributed by atoms with Crippen molar-refractivity contribution >= 4 is 56.9 Å². The third kappa shape index (κ3) is 7.41. The highest BCUT2D eigenvalue weighted by atomic mass is 35.5. The molecule has 0 amide bonds. The molecular formula is C32H32Cl2O14S. The normalized spacial score (nSPS) is 30.6. The minimum atomic E-state index is -1.61. The van der Waals surface area contributed by atoms with E-state index in [1.165, 1.54) is 12.1 Å². The van der Waals surface area contributed by atoms with Crippen LogP contribution < -0.4 is 11.3 Å². The minimum absolute atomic E-state index is 0.0461. The Balaban J connectivity index is 1.18. The maximum atomic E-state index is 12.6. The second-order valence-electron chi connectivity index (χ2n) is 11.5. The van der Waals surface area contributed by atoms with Crippen molar-refractivity contribution < 1.29 is 58.4 Å². The third-order valence-electron chi connectivity index (χ3n) is 8.37. The number of ether oxygens (including phenoxy) is 4. The van der Waals surface area contributed by atoms with Crippen LogP contribution in [-0.4, -0.2) is 104 Å². The summed E-state index contributed by atoms with van der Waals surface area (Å²) in [6, 6.07) is 12.6. The highest BCUT2D eigenvalue weighted by Crippen LogP contribution is 2.38. The van der Waals surface area contributed by atoms with Gasteiger partial charge in [-0.05, 0) is 36.4 Å². The second kappa shape index (κ2) is 15.3. The van der Waals surface area contributed by atoms with Crippen molar-refractivity contribution in [1.29, 1.82) is 0 Å². The summed E-state index contributed by atoms with van der Waals surface area (Å²) in [6.45, 7) is -2.20. The molecule has 17 heteroatoms. The minimum Gasteiger partial charge on any atom is -0.422 e. The van der Waals surface area contributed by atoms with Crippen LogP contribution in [0.4, 0.5) is 0 Å². The summed E-state index contributed by atoms with van der Waals surface area (Å²) < 4.78 is 33.7. The molecule has 10 atom stereocenters. The van der Waals surface area contributed by atoms with Gasteiger partial charge in [0.25, 0.3) is 0 Å². The number of hydrogen-bond acceptors (Lipinski definition) is 15. The van der Waals surface area contributed by atoms with E-state index in [2.05, 4.69) is 0 Å². The van der Waals surface area contributed by atoms with E-state index in [4.69, 9.17) is 51.0 Å². The lowest BCUT2D eigenvalue weighted by atomic mass is 9.99. The molecule has 6 N–H and O–H groups in total. The number of halogens is 2. The molecule has 264 valence electrons. The van der Waals surface area contributed by atoms with Crippen molar-refractivity contribution in [3.8, 4) is 0 Å². The Bertz CT molecular complexity index is 1770. The van der Waals surface area contributed by atoms with Crippen LogP contribution in [0.25, 0.3) is 21.9 Å². The van der Waals surface area contributed by atoms with E-state index in [0.717, 1.165) is 11.8 Å². The Morgan fingerprint density at radius 2 is 1.06 bits per heavy atom. The van der Waals surface area contributed by atoms with Crippen molar-refractivity contribution in [1.82, 2.24) is 0 Å². The van der Waals surface area contributed by atoms with E-state index in [0.29, 0.717) is 20.8 Å². The molecule has 14 nitrogen and oxygen atoms in total. The Kier molecular flexibility index (Phi) is 11.3. The molecule has 2 aromatic carbocycles. The van der Waals surface area contributed by atoms with Crippen LogP contribution in [0.3, 0.4) is 0 Å². The first-order valence-corrected chi connectivity index (χ1v) is 16.8. The fourth-order valence-electron chi connectivity index (χ4n) is 5.72. The number of aliphatic hydroxyl groups excluding tert-OH is 6. The molecule has 2 fully saturated rings. The molecule has 2 aliphatic heterocycles. The lowest BCUT2D eigenvalue weighted by Crippen LogP contribution is -2.61. The Morgan fingerprint density at radius 1 is 0.653 bits per heavy atom. The van der Waals surface area contributed by atoms with E-state index in [9.17, 15) is 40.2 Å². The first-order chi connectivity index (χ1) is 23.5. The number of benzene rings is 2. The standard InChI is InChI=1S/C32H32Cl2O14S/c33-17-3-1-5-19-15(17)7-13(29(41)45-19)11-43-27-23(37)21(9-35)47-31(25(27)39)49-32-26(40)28(24(38)22(10-36)48-32)44-12-14-8-16-18(34)4-2-6-20(16)46-30(14)42/h1-8,21-28,31-32,35-40H,9-12H2/t21?,22?,23-,24-,25+,26?,27?,28-,31-,32-/m0/s1. The summed E-state index contributed by atoms with van der Waals surface area (Å²) in [5.41, 5.74) is -3.45. The van der Waals surface area contributed by atoms with Crippen LogP contribution in [0.1, 0.15) is 11.1 Å². The number of hydrogen-bond donors (Lipinski definition) is 6. The van der Waals surface area contributed by atoms with Gasteiger partial charge in [0.05, 0.1) is 47.6 Å². The van der Waals surface area contributed by atoms with Crippen molar-refractivity contribution in [2.24, 2.45) is 0 Å². The van der Waals surface area contributed by atoms with Crippen LogP contribution in [0.15, 0.2) is 67.0 Å². The fourth-order valence-corrected chi connectivity index (χ4v) is 7.47. The first kappa shape index (κ1) is 36.2. The largest absolute Gasteiger partial charge is 0.422 e. The highest BCUT2D eigenvalue weighted by Gasteiger charge is 2.51. The fraction of sp³-hybridized carbons (Fsp3) is 0.438. The van der Waals surface area contributed by atoms with Crippen LogP contribution in [0, 0.1) is 0 Å². The van der Waals surface area contributed by atoms with Gasteiger partial charge in [-0.3, -0.25) is 0 Å². The number of rotatable bonds is 10. The molecule has 4 unspecified atom stereocenters. The number of aliphatic hydroxyl groups is 6. The van der Waals surface area contributed by atoms with Gasteiger partial charge in [-0.25, -0.2) is 9.59 Å². The zero-order valence-corrected chi connectivity index (χ0v) is 27.7. The zero-order chi connectivity index (χ0) is 35.0. The van der Waals surface area contributed by atoms with Gasteiger partial charge in [-0.15, -0.1) is 0 Å².